The van der Waals surface area contributed by atoms with E-state index in [2.05, 4.69) is 15.5 Å². The molecule has 2 aromatic carbocycles. The van der Waals surface area contributed by atoms with Gasteiger partial charge in [-0.25, -0.2) is 4.79 Å². The van der Waals surface area contributed by atoms with Gasteiger partial charge in [0.2, 0.25) is 0 Å². The number of nitro groups is 1. The molecular formula is C21H22N4O7S2. The number of carbonyl (C=O) groups excluding carboxylic acids is 1. The van der Waals surface area contributed by atoms with E-state index in [-0.39, 0.29) is 10.6 Å². The number of carbonyl (C=O) groups is 1. The third kappa shape index (κ3) is 6.56. The van der Waals surface area contributed by atoms with Crippen LogP contribution in [0.25, 0.3) is 10.6 Å². The molecule has 1 atom stereocenters. The molecule has 1 heterocycles. The molecule has 0 radical (unpaired) electrons. The first-order valence-electron chi connectivity index (χ1n) is 9.96. The lowest BCUT2D eigenvalue weighted by molar-refractivity contribution is -0.384. The standard InChI is InChI=1S/C21H22N4O7S2/c1-13(32-34(29,30)17-10-8-16(9-11-17)25(27)28)18-23-24-19(33-18)14-6-5-7-15(12-14)22-20(26)31-21(2,3)4/h5-13H,1-4H3,(H,22,26)/t13-/m1/s1. The monoisotopic (exact) mass is 506 g/mol. The fourth-order valence-electron chi connectivity index (χ4n) is 2.69. The topological polar surface area (TPSA) is 151 Å². The van der Waals surface area contributed by atoms with Crippen molar-refractivity contribution in [3.05, 3.63) is 63.7 Å². The zero-order valence-electron chi connectivity index (χ0n) is 18.7. The van der Waals surface area contributed by atoms with Crippen LogP contribution in [0.15, 0.2) is 53.4 Å². The SMILES string of the molecule is C[C@@H](OS(=O)(=O)c1ccc([N+](=O)[O-])cc1)c1nnc(-c2cccc(NC(=O)OC(C)(C)C)c2)s1. The van der Waals surface area contributed by atoms with Crippen molar-refractivity contribution >= 4 is 38.9 Å². The normalized spacial score (nSPS) is 12.7. The second kappa shape index (κ2) is 9.83. The lowest BCUT2D eigenvalue weighted by Crippen LogP contribution is -2.27. The highest BCUT2D eigenvalue weighted by molar-refractivity contribution is 7.86. The van der Waals surface area contributed by atoms with E-state index < -0.39 is 32.8 Å². The minimum atomic E-state index is -4.19. The predicted octanol–water partition coefficient (Wildman–Crippen LogP) is 4.93. The van der Waals surface area contributed by atoms with E-state index in [1.165, 1.54) is 6.92 Å². The predicted molar refractivity (Wildman–Crippen MR) is 125 cm³/mol. The maximum absolute atomic E-state index is 12.5. The van der Waals surface area contributed by atoms with E-state index in [0.717, 1.165) is 35.6 Å². The molecule has 11 nitrogen and oxygen atoms in total. The summed E-state index contributed by atoms with van der Waals surface area (Å²) in [6.07, 6.45) is -1.55. The summed E-state index contributed by atoms with van der Waals surface area (Å²) in [4.78, 5) is 21.9. The van der Waals surface area contributed by atoms with E-state index in [0.29, 0.717) is 21.3 Å². The number of ether oxygens (including phenoxy) is 1. The van der Waals surface area contributed by atoms with Crippen molar-refractivity contribution in [3.8, 4) is 10.6 Å². The van der Waals surface area contributed by atoms with Gasteiger partial charge in [-0.3, -0.25) is 19.6 Å². The summed E-state index contributed by atoms with van der Waals surface area (Å²) >= 11 is 1.13. The summed E-state index contributed by atoms with van der Waals surface area (Å²) < 4.78 is 35.5. The minimum absolute atomic E-state index is 0.212. The van der Waals surface area contributed by atoms with Crippen molar-refractivity contribution in [2.24, 2.45) is 0 Å². The molecule has 3 rings (SSSR count). The summed E-state index contributed by atoms with van der Waals surface area (Å²) in [6, 6.07) is 11.3. The minimum Gasteiger partial charge on any atom is -0.444 e. The lowest BCUT2D eigenvalue weighted by atomic mass is 10.2. The number of rotatable bonds is 7. The number of nitrogens with one attached hydrogen (secondary N) is 1. The zero-order valence-corrected chi connectivity index (χ0v) is 20.3. The third-order valence-electron chi connectivity index (χ3n) is 4.15. The Morgan fingerprint density at radius 2 is 1.82 bits per heavy atom. The summed E-state index contributed by atoms with van der Waals surface area (Å²) in [6.45, 7) is 6.79. The summed E-state index contributed by atoms with van der Waals surface area (Å²) in [5, 5.41) is 22.3. The van der Waals surface area contributed by atoms with Crippen LogP contribution in [0.1, 0.15) is 38.8 Å². The van der Waals surface area contributed by atoms with Crippen LogP contribution >= 0.6 is 11.3 Å². The molecule has 0 aliphatic rings. The van der Waals surface area contributed by atoms with E-state index in [4.69, 9.17) is 8.92 Å². The van der Waals surface area contributed by atoms with Gasteiger partial charge >= 0.3 is 6.09 Å². The molecule has 0 spiro atoms. The Morgan fingerprint density at radius 3 is 2.44 bits per heavy atom. The first-order chi connectivity index (χ1) is 15.8. The number of nitrogens with zero attached hydrogens (tertiary/aromatic N) is 3. The second-order valence-electron chi connectivity index (χ2n) is 8.10. The maximum Gasteiger partial charge on any atom is 0.412 e. The van der Waals surface area contributed by atoms with Crippen LogP contribution in [0.5, 0.6) is 0 Å². The van der Waals surface area contributed by atoms with Crippen LogP contribution < -0.4 is 5.32 Å². The molecule has 1 amide bonds. The van der Waals surface area contributed by atoms with Gasteiger partial charge in [-0.1, -0.05) is 23.5 Å². The molecular weight excluding hydrogens is 484 g/mol. The summed E-state index contributed by atoms with van der Waals surface area (Å²) in [5.41, 5.74) is 0.279. The van der Waals surface area contributed by atoms with Gasteiger partial charge in [0, 0.05) is 23.4 Å². The van der Waals surface area contributed by atoms with Crippen LogP contribution in [0.4, 0.5) is 16.2 Å². The maximum atomic E-state index is 12.5. The number of hydrogen-bond donors (Lipinski definition) is 1. The molecule has 13 heteroatoms. The van der Waals surface area contributed by atoms with Gasteiger partial charge < -0.3 is 4.74 Å². The molecule has 0 bridgehead atoms. The first-order valence-corrected chi connectivity index (χ1v) is 12.2. The highest BCUT2D eigenvalue weighted by atomic mass is 32.2. The first kappa shape index (κ1) is 25.2. The summed E-state index contributed by atoms with van der Waals surface area (Å²) in [7, 11) is -4.19. The smallest absolute Gasteiger partial charge is 0.412 e. The Bertz CT molecular complexity index is 1300. The molecule has 0 aliphatic heterocycles. The molecule has 0 fully saturated rings. The van der Waals surface area contributed by atoms with E-state index >= 15 is 0 Å². The number of hydrogen-bond acceptors (Lipinski definition) is 10. The average Bonchev–Trinajstić information content (AvgIpc) is 3.23. The molecule has 0 saturated carbocycles. The van der Waals surface area contributed by atoms with E-state index in [1.807, 2.05) is 0 Å². The van der Waals surface area contributed by atoms with Gasteiger partial charge in [0.1, 0.15) is 21.7 Å². The Hall–Kier alpha value is -3.42. The largest absolute Gasteiger partial charge is 0.444 e. The number of aromatic nitrogens is 2. The van der Waals surface area contributed by atoms with Gasteiger partial charge in [0.25, 0.3) is 15.8 Å². The molecule has 34 heavy (non-hydrogen) atoms. The molecule has 0 aliphatic carbocycles. The number of non-ortho nitro benzene ring substituents is 1. The number of anilines is 1. The van der Waals surface area contributed by atoms with Gasteiger partial charge in [0.15, 0.2) is 0 Å². The van der Waals surface area contributed by atoms with Crippen molar-refractivity contribution in [1.29, 1.82) is 0 Å². The van der Waals surface area contributed by atoms with Crippen molar-refractivity contribution < 1.29 is 27.1 Å². The highest BCUT2D eigenvalue weighted by Gasteiger charge is 2.24. The highest BCUT2D eigenvalue weighted by Crippen LogP contribution is 2.31. The molecule has 1 N–H and O–H groups in total. The number of amides is 1. The number of nitro benzene ring substituents is 1. The van der Waals surface area contributed by atoms with Gasteiger partial charge in [-0.05, 0) is 52.0 Å². The van der Waals surface area contributed by atoms with E-state index in [1.54, 1.807) is 45.0 Å². The van der Waals surface area contributed by atoms with Crippen molar-refractivity contribution in [2.75, 3.05) is 5.32 Å². The van der Waals surface area contributed by atoms with Crippen molar-refractivity contribution in [1.82, 2.24) is 10.2 Å². The van der Waals surface area contributed by atoms with Crippen LogP contribution in [-0.4, -0.2) is 35.2 Å². The third-order valence-corrected chi connectivity index (χ3v) is 6.68. The lowest BCUT2D eigenvalue weighted by Gasteiger charge is -2.19. The van der Waals surface area contributed by atoms with E-state index in [9.17, 15) is 23.3 Å². The van der Waals surface area contributed by atoms with Crippen LogP contribution in [-0.2, 0) is 19.0 Å². The van der Waals surface area contributed by atoms with Gasteiger partial charge in [-0.15, -0.1) is 10.2 Å². The fourth-order valence-corrected chi connectivity index (χ4v) is 4.62. The van der Waals surface area contributed by atoms with Crippen LogP contribution in [0, 0.1) is 10.1 Å². The molecule has 180 valence electrons. The Kier molecular flexibility index (Phi) is 7.29. The average molecular weight is 507 g/mol. The zero-order chi connectivity index (χ0) is 25.1. The molecule has 3 aromatic rings. The fraction of sp³-hybridized carbons (Fsp3) is 0.286. The van der Waals surface area contributed by atoms with Crippen molar-refractivity contribution in [2.45, 2.75) is 44.3 Å². The van der Waals surface area contributed by atoms with Crippen LogP contribution in [0.3, 0.4) is 0 Å². The van der Waals surface area contributed by atoms with Gasteiger partial charge in [0.05, 0.1) is 9.82 Å². The quantitative estimate of drug-likeness (QED) is 0.267. The second-order valence-corrected chi connectivity index (χ2v) is 10.7. The molecule has 0 saturated heterocycles. The van der Waals surface area contributed by atoms with Gasteiger partial charge in [-0.2, -0.15) is 8.42 Å². The number of benzene rings is 2. The van der Waals surface area contributed by atoms with Crippen molar-refractivity contribution in [3.63, 3.8) is 0 Å². The Labute approximate surface area is 200 Å². The molecule has 1 aromatic heterocycles. The summed E-state index contributed by atoms with van der Waals surface area (Å²) in [5.74, 6) is 0. The van der Waals surface area contributed by atoms with Crippen LogP contribution in [0.2, 0.25) is 0 Å². The Morgan fingerprint density at radius 1 is 1.15 bits per heavy atom. The Balaban J connectivity index is 1.72. The molecule has 0 unspecified atom stereocenters.